The maximum Gasteiger partial charge on any atom is 0.390 e. The summed E-state index contributed by atoms with van der Waals surface area (Å²) in [5.41, 5.74) is 0. The maximum absolute atomic E-state index is 12.0. The third kappa shape index (κ3) is 3.84. The smallest absolute Gasteiger partial charge is 0.341 e. The fourth-order valence-corrected chi connectivity index (χ4v) is 2.00. The van der Waals surface area contributed by atoms with Crippen LogP contribution in [0.5, 0.6) is 0 Å². The van der Waals surface area contributed by atoms with Gasteiger partial charge in [0.2, 0.25) is 0 Å². The van der Waals surface area contributed by atoms with Crippen LogP contribution in [0.25, 0.3) is 0 Å². The van der Waals surface area contributed by atoms with Crippen molar-refractivity contribution in [3.8, 4) is 0 Å². The van der Waals surface area contributed by atoms with Crippen molar-refractivity contribution >= 4 is 17.2 Å². The van der Waals surface area contributed by atoms with Crippen LogP contribution in [0.2, 0.25) is 0 Å². The van der Waals surface area contributed by atoms with E-state index in [1.54, 1.807) is 12.1 Å². The Morgan fingerprint density at radius 2 is 2.06 bits per heavy atom. The van der Waals surface area contributed by atoms with E-state index < -0.39 is 12.6 Å². The van der Waals surface area contributed by atoms with Crippen LogP contribution < -0.4 is 0 Å². The van der Waals surface area contributed by atoms with Crippen LogP contribution in [-0.4, -0.2) is 30.6 Å². The molecule has 0 N–H and O–H groups in total. The van der Waals surface area contributed by atoms with Crippen molar-refractivity contribution in [3.05, 3.63) is 21.9 Å². The van der Waals surface area contributed by atoms with Gasteiger partial charge in [0, 0.05) is 18.5 Å². The Labute approximate surface area is 95.7 Å². The van der Waals surface area contributed by atoms with E-state index in [9.17, 15) is 18.0 Å². The molecule has 0 atom stereocenters. The zero-order valence-corrected chi connectivity index (χ0v) is 9.78. The van der Waals surface area contributed by atoms with Crippen LogP contribution in [0, 0.1) is 6.92 Å². The van der Waals surface area contributed by atoms with E-state index >= 15 is 0 Å². The molecular formula is C10H12F3NOS. The molecule has 0 saturated carbocycles. The Morgan fingerprint density at radius 3 is 2.50 bits per heavy atom. The van der Waals surface area contributed by atoms with E-state index in [-0.39, 0.29) is 12.5 Å². The molecule has 16 heavy (non-hydrogen) atoms. The zero-order chi connectivity index (χ0) is 12.3. The first-order chi connectivity index (χ1) is 7.29. The molecule has 0 aliphatic heterocycles. The summed E-state index contributed by atoms with van der Waals surface area (Å²) in [6, 6.07) is 3.40. The topological polar surface area (TPSA) is 20.3 Å². The number of alkyl halides is 3. The summed E-state index contributed by atoms with van der Waals surface area (Å²) >= 11 is 1.29. The number of hydrogen-bond donors (Lipinski definition) is 0. The molecule has 0 saturated heterocycles. The zero-order valence-electron chi connectivity index (χ0n) is 8.97. The van der Waals surface area contributed by atoms with Gasteiger partial charge in [-0.1, -0.05) is 0 Å². The average molecular weight is 251 g/mol. The van der Waals surface area contributed by atoms with Crippen molar-refractivity contribution in [3.63, 3.8) is 0 Å². The largest absolute Gasteiger partial charge is 0.390 e. The van der Waals surface area contributed by atoms with Crippen molar-refractivity contribution in [1.82, 2.24) is 4.90 Å². The SMILES string of the molecule is Cc1ccc(C(=O)N(C)CCC(F)(F)F)s1. The summed E-state index contributed by atoms with van der Waals surface area (Å²) in [7, 11) is 1.38. The van der Waals surface area contributed by atoms with Crippen LogP contribution in [0.4, 0.5) is 13.2 Å². The van der Waals surface area contributed by atoms with E-state index in [1.807, 2.05) is 6.92 Å². The highest BCUT2D eigenvalue weighted by molar-refractivity contribution is 7.13. The Hall–Kier alpha value is -1.04. The predicted octanol–water partition coefficient (Wildman–Crippen LogP) is 3.08. The van der Waals surface area contributed by atoms with Gasteiger partial charge in [-0.15, -0.1) is 11.3 Å². The minimum absolute atomic E-state index is 0.306. The number of rotatable bonds is 3. The van der Waals surface area contributed by atoms with Gasteiger partial charge in [-0.25, -0.2) is 0 Å². The summed E-state index contributed by atoms with van der Waals surface area (Å²) in [5.74, 6) is -0.359. The minimum Gasteiger partial charge on any atom is -0.341 e. The quantitative estimate of drug-likeness (QED) is 0.808. The van der Waals surface area contributed by atoms with Crippen LogP contribution in [-0.2, 0) is 0 Å². The molecule has 0 fully saturated rings. The number of amides is 1. The fraction of sp³-hybridized carbons (Fsp3) is 0.500. The Bertz CT molecular complexity index is 372. The summed E-state index contributed by atoms with van der Waals surface area (Å²) < 4.78 is 35.9. The highest BCUT2D eigenvalue weighted by Crippen LogP contribution is 2.21. The number of aryl methyl sites for hydroxylation is 1. The molecule has 0 aliphatic carbocycles. The molecule has 2 nitrogen and oxygen atoms in total. The molecule has 0 radical (unpaired) electrons. The molecule has 0 unspecified atom stereocenters. The monoisotopic (exact) mass is 251 g/mol. The molecule has 0 aliphatic rings. The standard InChI is InChI=1S/C10H12F3NOS/c1-7-3-4-8(16-7)9(15)14(2)6-5-10(11,12)13/h3-4H,5-6H2,1-2H3. The van der Waals surface area contributed by atoms with Crippen molar-refractivity contribution in [2.75, 3.05) is 13.6 Å². The third-order valence-corrected chi connectivity index (χ3v) is 3.02. The molecule has 90 valence electrons. The highest BCUT2D eigenvalue weighted by Gasteiger charge is 2.28. The Morgan fingerprint density at radius 1 is 1.44 bits per heavy atom. The molecule has 0 bridgehead atoms. The van der Waals surface area contributed by atoms with E-state index in [1.165, 1.54) is 18.4 Å². The van der Waals surface area contributed by atoms with Gasteiger partial charge in [0.1, 0.15) is 0 Å². The van der Waals surface area contributed by atoms with E-state index in [4.69, 9.17) is 0 Å². The van der Waals surface area contributed by atoms with Gasteiger partial charge in [0.05, 0.1) is 11.3 Å². The fourth-order valence-electron chi connectivity index (χ4n) is 1.13. The molecule has 6 heteroatoms. The lowest BCUT2D eigenvalue weighted by Gasteiger charge is -2.17. The third-order valence-electron chi connectivity index (χ3n) is 2.03. The summed E-state index contributed by atoms with van der Waals surface area (Å²) in [6.45, 7) is 1.54. The number of thiophene rings is 1. The lowest BCUT2D eigenvalue weighted by atomic mass is 10.3. The van der Waals surface area contributed by atoms with Crippen LogP contribution in [0.15, 0.2) is 12.1 Å². The molecule has 1 aromatic heterocycles. The average Bonchev–Trinajstić information content (AvgIpc) is 2.59. The molecule has 0 spiro atoms. The first kappa shape index (κ1) is 13.0. The summed E-state index contributed by atoms with van der Waals surface area (Å²) in [6.07, 6.45) is -5.19. The molecule has 1 heterocycles. The molecule has 1 rings (SSSR count). The number of carbonyl (C=O) groups excluding carboxylic acids is 1. The van der Waals surface area contributed by atoms with Crippen molar-refractivity contribution in [2.45, 2.75) is 19.5 Å². The second-order valence-corrected chi connectivity index (χ2v) is 4.79. The normalized spacial score (nSPS) is 11.6. The molecular weight excluding hydrogens is 239 g/mol. The van der Waals surface area contributed by atoms with Crippen molar-refractivity contribution in [2.24, 2.45) is 0 Å². The van der Waals surface area contributed by atoms with E-state index in [0.717, 1.165) is 9.78 Å². The lowest BCUT2D eigenvalue weighted by Crippen LogP contribution is -2.29. The van der Waals surface area contributed by atoms with E-state index in [0.29, 0.717) is 4.88 Å². The van der Waals surface area contributed by atoms with Gasteiger partial charge in [0.15, 0.2) is 0 Å². The van der Waals surface area contributed by atoms with Crippen LogP contribution >= 0.6 is 11.3 Å². The minimum atomic E-state index is -4.22. The van der Waals surface area contributed by atoms with Crippen LogP contribution in [0.1, 0.15) is 21.0 Å². The summed E-state index contributed by atoms with van der Waals surface area (Å²) in [5, 5.41) is 0. The maximum atomic E-state index is 12.0. The highest BCUT2D eigenvalue weighted by atomic mass is 32.1. The van der Waals surface area contributed by atoms with Crippen molar-refractivity contribution < 1.29 is 18.0 Å². The van der Waals surface area contributed by atoms with Crippen molar-refractivity contribution in [1.29, 1.82) is 0 Å². The first-order valence-electron chi connectivity index (χ1n) is 4.68. The Balaban J connectivity index is 2.55. The Kier molecular flexibility index (Phi) is 3.96. The van der Waals surface area contributed by atoms with E-state index in [2.05, 4.69) is 0 Å². The van der Waals surface area contributed by atoms with Gasteiger partial charge >= 0.3 is 6.18 Å². The van der Waals surface area contributed by atoms with Crippen LogP contribution in [0.3, 0.4) is 0 Å². The van der Waals surface area contributed by atoms with Gasteiger partial charge < -0.3 is 4.90 Å². The first-order valence-corrected chi connectivity index (χ1v) is 5.50. The second-order valence-electron chi connectivity index (χ2n) is 3.50. The lowest BCUT2D eigenvalue weighted by molar-refractivity contribution is -0.136. The second kappa shape index (κ2) is 4.86. The molecule has 0 aromatic carbocycles. The van der Waals surface area contributed by atoms with Gasteiger partial charge in [0.25, 0.3) is 5.91 Å². The van der Waals surface area contributed by atoms with Gasteiger partial charge in [-0.2, -0.15) is 13.2 Å². The van der Waals surface area contributed by atoms with Gasteiger partial charge in [-0.3, -0.25) is 4.79 Å². The number of hydrogen-bond acceptors (Lipinski definition) is 2. The van der Waals surface area contributed by atoms with Gasteiger partial charge in [-0.05, 0) is 19.1 Å². The number of halogens is 3. The summed E-state index contributed by atoms with van der Waals surface area (Å²) in [4.78, 5) is 14.2. The number of carbonyl (C=O) groups is 1. The molecule has 1 amide bonds. The number of nitrogens with zero attached hydrogens (tertiary/aromatic N) is 1. The predicted molar refractivity (Wildman–Crippen MR) is 56.7 cm³/mol. The molecule has 1 aromatic rings.